The summed E-state index contributed by atoms with van der Waals surface area (Å²) in [6.07, 6.45) is 4.82. The van der Waals surface area contributed by atoms with Gasteiger partial charge in [0, 0.05) is 0 Å². The molecule has 3 atom stereocenters. The average Bonchev–Trinajstić information content (AvgIpc) is 2.85. The predicted octanol–water partition coefficient (Wildman–Crippen LogP) is -1.47. The fourth-order valence-corrected chi connectivity index (χ4v) is 3.97. The Bertz CT molecular complexity index is 879. The van der Waals surface area contributed by atoms with Crippen LogP contribution in [0.3, 0.4) is 0 Å². The molecule has 0 aromatic heterocycles. The molecule has 1 heterocycles. The van der Waals surface area contributed by atoms with Gasteiger partial charge in [-0.05, 0) is 24.7 Å². The molecule has 0 aromatic carbocycles. The van der Waals surface area contributed by atoms with Crippen LogP contribution in [0.15, 0.2) is 0 Å². The first-order chi connectivity index (χ1) is 17.8. The van der Waals surface area contributed by atoms with E-state index >= 15 is 0 Å². The second kappa shape index (κ2) is 21.2. The molecule has 0 spiro atoms. The van der Waals surface area contributed by atoms with E-state index in [0.29, 0.717) is 0 Å². The Kier molecular flexibility index (Phi) is 21.5. The first-order valence-corrected chi connectivity index (χ1v) is 14.4. The van der Waals surface area contributed by atoms with Gasteiger partial charge in [-0.1, -0.05) is 66.2 Å². The fraction of sp³-hybridized carbons (Fsp3) is 0.792. The van der Waals surface area contributed by atoms with Gasteiger partial charge in [-0.15, -0.1) is 0 Å². The van der Waals surface area contributed by atoms with Gasteiger partial charge >= 0.3 is 47.5 Å². The molecule has 1 aliphatic heterocycles. The van der Waals surface area contributed by atoms with Gasteiger partial charge in [0.1, 0.15) is 10.1 Å². The van der Waals surface area contributed by atoms with Crippen LogP contribution in [0.5, 0.6) is 0 Å². The van der Waals surface area contributed by atoms with Crippen LogP contribution in [-0.4, -0.2) is 72.4 Å². The number of nitrogens with one attached hydrogen (secondary N) is 2. The summed E-state index contributed by atoms with van der Waals surface area (Å²) in [4.78, 5) is 55.1. The standard InChI is InChI=1S/C20H38O7S.C4H4N2O4.Na/c1-5-9-11-16(7-3)14-26-19(21)13-18(28(23,24)25)20(22)27-15-17(8-4)12-10-6-2;7-1-2(8)5-4(10)6-3(1)9;/h16-18H,5-15H2,1-4H3,(H,23,24,25);1,7H,(H2,5,6,8,9,10);/q;;+1/p-1. The topological polar surface area (TPSA) is 205 Å². The summed E-state index contributed by atoms with van der Waals surface area (Å²) in [5, 5.41) is 9.93. The van der Waals surface area contributed by atoms with Crippen LogP contribution < -0.4 is 40.2 Å². The second-order valence-electron chi connectivity index (χ2n) is 9.04. The number of carbonyl (C=O) groups excluding carboxylic acids is 5. The zero-order valence-electron chi connectivity index (χ0n) is 23.5. The molecule has 1 rings (SSSR count). The zero-order chi connectivity index (χ0) is 29.3. The number of hydrogen-bond acceptors (Lipinski definition) is 11. The molecule has 4 amide bonds. The Balaban J connectivity index is 0. The van der Waals surface area contributed by atoms with Crippen molar-refractivity contribution in [3.05, 3.63) is 0 Å². The van der Waals surface area contributed by atoms with Crippen LogP contribution in [0.1, 0.15) is 85.5 Å². The van der Waals surface area contributed by atoms with Crippen molar-refractivity contribution < 1.29 is 81.1 Å². The first kappa shape index (κ1) is 39.6. The van der Waals surface area contributed by atoms with Crippen LogP contribution >= 0.6 is 0 Å². The molecule has 0 aliphatic carbocycles. The normalized spacial score (nSPS) is 15.9. The van der Waals surface area contributed by atoms with E-state index < -0.39 is 57.7 Å². The van der Waals surface area contributed by atoms with Gasteiger partial charge in [-0.25, -0.2) is 13.2 Å². The average molecular weight is 589 g/mol. The van der Waals surface area contributed by atoms with Crippen molar-refractivity contribution in [2.45, 2.75) is 96.8 Å². The van der Waals surface area contributed by atoms with E-state index in [0.717, 1.165) is 51.4 Å². The summed E-state index contributed by atoms with van der Waals surface area (Å²) in [5.41, 5.74) is 0. The van der Waals surface area contributed by atoms with Gasteiger partial charge in [0.15, 0.2) is 5.25 Å². The van der Waals surface area contributed by atoms with Crippen LogP contribution in [0.4, 0.5) is 4.79 Å². The van der Waals surface area contributed by atoms with Crippen molar-refractivity contribution in [1.82, 2.24) is 10.6 Å². The summed E-state index contributed by atoms with van der Waals surface area (Å²) in [5.74, 6) is -3.73. The molecule has 1 saturated heterocycles. The molecule has 0 aromatic rings. The van der Waals surface area contributed by atoms with Crippen molar-refractivity contribution in [3.63, 3.8) is 0 Å². The number of barbiturate groups is 1. The number of unbranched alkanes of at least 4 members (excludes halogenated alkanes) is 2. The molecule has 0 saturated carbocycles. The van der Waals surface area contributed by atoms with Gasteiger partial charge in [-0.3, -0.25) is 29.8 Å². The van der Waals surface area contributed by atoms with E-state index in [1.165, 1.54) is 0 Å². The number of imide groups is 2. The third-order valence-electron chi connectivity index (χ3n) is 5.96. The molecule has 1 aliphatic rings. The third kappa shape index (κ3) is 17.0. The second-order valence-corrected chi connectivity index (χ2v) is 10.6. The van der Waals surface area contributed by atoms with E-state index in [-0.39, 0.29) is 54.6 Å². The van der Waals surface area contributed by atoms with Crippen LogP contribution in [0.2, 0.25) is 0 Å². The number of rotatable bonds is 16. The maximum atomic E-state index is 12.1. The number of hydrogen-bond donors (Lipinski definition) is 3. The van der Waals surface area contributed by atoms with Gasteiger partial charge in [-0.2, -0.15) is 0 Å². The summed E-state index contributed by atoms with van der Waals surface area (Å²) < 4.78 is 44.6. The minimum absolute atomic E-state index is 0. The Morgan fingerprint density at radius 1 is 0.897 bits per heavy atom. The number of carbonyl (C=O) groups is 5. The number of amides is 4. The molecule has 1 fully saturated rings. The molecule has 0 radical (unpaired) electrons. The monoisotopic (exact) mass is 588 g/mol. The van der Waals surface area contributed by atoms with Crippen molar-refractivity contribution in [3.8, 4) is 0 Å². The van der Waals surface area contributed by atoms with Crippen LogP contribution in [0, 0.1) is 11.8 Å². The Morgan fingerprint density at radius 3 is 1.72 bits per heavy atom. The van der Waals surface area contributed by atoms with Crippen molar-refractivity contribution in [2.75, 3.05) is 13.2 Å². The molecule has 15 heteroatoms. The fourth-order valence-electron chi connectivity index (χ4n) is 3.32. The van der Waals surface area contributed by atoms with E-state index in [4.69, 9.17) is 14.6 Å². The minimum atomic E-state index is -5.01. The Labute approximate surface area is 252 Å². The SMILES string of the molecule is CCCCC(CC)COC(=O)CC(C(=O)OCC(CC)CCCC)S(=O)(=O)[O-].O=C1NC(=O)C(O)C(=O)N1.[Na+]. The Morgan fingerprint density at radius 2 is 1.33 bits per heavy atom. The maximum Gasteiger partial charge on any atom is 1.00 e. The molecule has 3 N–H and O–H groups in total. The van der Waals surface area contributed by atoms with Crippen molar-refractivity contribution >= 4 is 39.9 Å². The summed E-state index contributed by atoms with van der Waals surface area (Å²) in [6, 6.07) is -0.903. The Hall–Kier alpha value is -1.58. The molecular formula is C24H41N2NaO11S. The third-order valence-corrected chi connectivity index (χ3v) is 7.02. The molecule has 13 nitrogen and oxygen atoms in total. The van der Waals surface area contributed by atoms with E-state index in [2.05, 4.69) is 13.8 Å². The van der Waals surface area contributed by atoms with Gasteiger partial charge in [0.05, 0.1) is 19.6 Å². The summed E-state index contributed by atoms with van der Waals surface area (Å²) in [6.45, 7) is 8.26. The van der Waals surface area contributed by atoms with Crippen LogP contribution in [-0.2, 0) is 38.8 Å². The van der Waals surface area contributed by atoms with Crippen molar-refractivity contribution in [1.29, 1.82) is 0 Å². The predicted molar refractivity (Wildman–Crippen MR) is 134 cm³/mol. The number of aliphatic hydroxyl groups excluding tert-OH is 1. The number of esters is 2. The van der Waals surface area contributed by atoms with E-state index in [1.807, 2.05) is 13.8 Å². The number of ether oxygens (including phenoxy) is 2. The molecule has 0 bridgehead atoms. The minimum Gasteiger partial charge on any atom is -0.747 e. The van der Waals surface area contributed by atoms with E-state index in [1.54, 1.807) is 10.6 Å². The first-order valence-electron chi connectivity index (χ1n) is 12.9. The summed E-state index contributed by atoms with van der Waals surface area (Å²) in [7, 11) is -5.01. The quantitative estimate of drug-likeness (QED) is 0.0821. The van der Waals surface area contributed by atoms with E-state index in [9.17, 15) is 36.9 Å². The van der Waals surface area contributed by atoms with Crippen LogP contribution in [0.25, 0.3) is 0 Å². The van der Waals surface area contributed by atoms with Gasteiger partial charge < -0.3 is 19.1 Å². The van der Waals surface area contributed by atoms with Gasteiger partial charge in [0.2, 0.25) is 6.10 Å². The van der Waals surface area contributed by atoms with Crippen molar-refractivity contribution in [2.24, 2.45) is 11.8 Å². The molecule has 39 heavy (non-hydrogen) atoms. The smallest absolute Gasteiger partial charge is 0.747 e. The maximum absolute atomic E-state index is 12.1. The number of urea groups is 1. The molecular weight excluding hydrogens is 547 g/mol. The molecule has 220 valence electrons. The summed E-state index contributed by atoms with van der Waals surface area (Å²) >= 11 is 0. The zero-order valence-corrected chi connectivity index (χ0v) is 26.3. The molecule has 3 unspecified atom stereocenters. The largest absolute Gasteiger partial charge is 1.00 e. The van der Waals surface area contributed by atoms with Gasteiger partial charge in [0.25, 0.3) is 11.8 Å². The number of aliphatic hydroxyl groups is 1.